The largest absolute Gasteiger partial charge is 0.466 e. The first-order chi connectivity index (χ1) is 9.56. The Labute approximate surface area is 122 Å². The van der Waals surface area contributed by atoms with Gasteiger partial charge in [0.2, 0.25) is 0 Å². The van der Waals surface area contributed by atoms with Crippen LogP contribution in [0, 0.1) is 0 Å². The van der Waals surface area contributed by atoms with E-state index in [1.165, 1.54) is 19.6 Å². The van der Waals surface area contributed by atoms with E-state index in [0.29, 0.717) is 0 Å². The van der Waals surface area contributed by atoms with E-state index < -0.39 is 35.4 Å². The Kier molecular flexibility index (Phi) is 3.79. The highest BCUT2D eigenvalue weighted by molar-refractivity contribution is 6.22. The molecule has 2 fully saturated rings. The zero-order valence-corrected chi connectivity index (χ0v) is 12.1. The van der Waals surface area contributed by atoms with Crippen molar-refractivity contribution in [3.05, 3.63) is 11.6 Å². The lowest BCUT2D eigenvalue weighted by molar-refractivity contribution is -0.198. The first kappa shape index (κ1) is 14.3. The summed E-state index contributed by atoms with van der Waals surface area (Å²) >= 11 is 6.28. The molecule has 0 aromatic rings. The molecular formula is C14H19ClO5. The Morgan fingerprint density at radius 3 is 2.65 bits per heavy atom. The predicted octanol–water partition coefficient (Wildman–Crippen LogP) is 1.51. The molecule has 0 bridgehead atoms. The predicted molar refractivity (Wildman–Crippen MR) is 71.3 cm³/mol. The molecule has 1 spiro atoms. The van der Waals surface area contributed by atoms with Crippen LogP contribution in [-0.4, -0.2) is 47.7 Å². The van der Waals surface area contributed by atoms with Gasteiger partial charge in [0.15, 0.2) is 5.79 Å². The Bertz CT molecular complexity index is 429. The number of rotatable bonds is 1. The van der Waals surface area contributed by atoms with Crippen molar-refractivity contribution in [3.63, 3.8) is 0 Å². The third-order valence-corrected chi connectivity index (χ3v) is 4.72. The van der Waals surface area contributed by atoms with Crippen molar-refractivity contribution < 1.29 is 24.1 Å². The van der Waals surface area contributed by atoms with E-state index in [0.717, 1.165) is 25.7 Å². The molecule has 2 aliphatic carbocycles. The van der Waals surface area contributed by atoms with E-state index >= 15 is 0 Å². The molecule has 4 atom stereocenters. The van der Waals surface area contributed by atoms with Gasteiger partial charge in [0.25, 0.3) is 0 Å². The molecule has 1 heterocycles. The van der Waals surface area contributed by atoms with Crippen molar-refractivity contribution in [3.8, 4) is 0 Å². The van der Waals surface area contributed by atoms with Gasteiger partial charge in [-0.3, -0.25) is 0 Å². The summed E-state index contributed by atoms with van der Waals surface area (Å²) in [6.45, 7) is 0. The molecule has 20 heavy (non-hydrogen) atoms. The lowest BCUT2D eigenvalue weighted by atomic mass is 9.91. The highest BCUT2D eigenvalue weighted by Crippen LogP contribution is 2.45. The molecule has 3 rings (SSSR count). The number of fused-ring (bicyclic) bond motifs is 1. The molecule has 3 aliphatic rings. The minimum absolute atomic E-state index is 0.158. The molecule has 1 N–H and O–H groups in total. The molecule has 5 nitrogen and oxygen atoms in total. The van der Waals surface area contributed by atoms with Crippen molar-refractivity contribution in [2.75, 3.05) is 7.11 Å². The third-order valence-electron chi connectivity index (χ3n) is 4.34. The van der Waals surface area contributed by atoms with E-state index in [1.54, 1.807) is 0 Å². The number of halogens is 1. The molecule has 6 heteroatoms. The first-order valence-electron chi connectivity index (χ1n) is 7.04. The van der Waals surface area contributed by atoms with Gasteiger partial charge in [-0.2, -0.15) is 0 Å². The van der Waals surface area contributed by atoms with Gasteiger partial charge in [-0.1, -0.05) is 12.5 Å². The summed E-state index contributed by atoms with van der Waals surface area (Å²) in [7, 11) is 1.28. The van der Waals surface area contributed by atoms with E-state index in [1.807, 2.05) is 0 Å². The average molecular weight is 303 g/mol. The van der Waals surface area contributed by atoms with Crippen LogP contribution in [0.4, 0.5) is 0 Å². The summed E-state index contributed by atoms with van der Waals surface area (Å²) in [6.07, 6.45) is 4.32. The van der Waals surface area contributed by atoms with Crippen LogP contribution in [0.3, 0.4) is 0 Å². The zero-order chi connectivity index (χ0) is 14.3. The van der Waals surface area contributed by atoms with Crippen molar-refractivity contribution in [2.45, 2.75) is 61.6 Å². The zero-order valence-electron chi connectivity index (χ0n) is 11.4. The number of aliphatic hydroxyl groups is 1. The summed E-state index contributed by atoms with van der Waals surface area (Å²) in [5.74, 6) is -1.21. The number of methoxy groups -OCH3 is 1. The fourth-order valence-electron chi connectivity index (χ4n) is 3.32. The number of hydrogen-bond acceptors (Lipinski definition) is 5. The van der Waals surface area contributed by atoms with E-state index in [9.17, 15) is 9.90 Å². The molecule has 0 aromatic heterocycles. The molecular weight excluding hydrogens is 284 g/mol. The summed E-state index contributed by atoms with van der Waals surface area (Å²) in [4.78, 5) is 11.7. The number of alkyl halides is 1. The quantitative estimate of drug-likeness (QED) is 0.587. The van der Waals surface area contributed by atoms with Gasteiger partial charge in [0, 0.05) is 12.8 Å². The summed E-state index contributed by atoms with van der Waals surface area (Å²) in [5, 5.41) is 9.84. The minimum atomic E-state index is -1.05. The van der Waals surface area contributed by atoms with Crippen molar-refractivity contribution in [1.29, 1.82) is 0 Å². The van der Waals surface area contributed by atoms with E-state index in [2.05, 4.69) is 4.74 Å². The summed E-state index contributed by atoms with van der Waals surface area (Å²) in [6, 6.07) is 0. The Hall–Kier alpha value is -0.620. The maximum atomic E-state index is 11.7. The van der Waals surface area contributed by atoms with Gasteiger partial charge in [-0.15, -0.1) is 11.6 Å². The van der Waals surface area contributed by atoms with Gasteiger partial charge >= 0.3 is 5.97 Å². The fourth-order valence-corrected chi connectivity index (χ4v) is 3.65. The molecule has 0 unspecified atom stereocenters. The van der Waals surface area contributed by atoms with Crippen LogP contribution >= 0.6 is 11.6 Å². The number of carbonyl (C=O) groups excluding carboxylic acids is 1. The monoisotopic (exact) mass is 302 g/mol. The Morgan fingerprint density at radius 1 is 1.35 bits per heavy atom. The SMILES string of the molecule is COC(=O)C1=C[C@@H](Cl)[C@@H]2OC3(CCCCC3)O[C@@H]2[C@H]1O. The van der Waals surface area contributed by atoms with Crippen molar-refractivity contribution in [1.82, 2.24) is 0 Å². The number of esters is 1. The third kappa shape index (κ3) is 2.26. The first-order valence-corrected chi connectivity index (χ1v) is 7.48. The Balaban J connectivity index is 1.83. The molecule has 1 aliphatic heterocycles. The standard InChI is InChI=1S/C14H19ClO5/c1-18-13(17)8-7-9(15)11-12(10(8)16)20-14(19-11)5-3-2-4-6-14/h7,9-12,16H,2-6H2,1H3/t9-,10+,11+,12-/m1/s1. The number of aliphatic hydroxyl groups excluding tert-OH is 1. The number of hydrogen-bond donors (Lipinski definition) is 1. The van der Waals surface area contributed by atoms with Gasteiger partial charge in [0.05, 0.1) is 18.1 Å². The molecule has 1 saturated heterocycles. The van der Waals surface area contributed by atoms with E-state index in [4.69, 9.17) is 21.1 Å². The molecule has 0 radical (unpaired) electrons. The highest BCUT2D eigenvalue weighted by atomic mass is 35.5. The van der Waals surface area contributed by atoms with Gasteiger partial charge in [0.1, 0.15) is 18.3 Å². The van der Waals surface area contributed by atoms with Gasteiger partial charge in [-0.25, -0.2) is 4.79 Å². The number of carbonyl (C=O) groups is 1. The lowest BCUT2D eigenvalue weighted by Gasteiger charge is -2.32. The van der Waals surface area contributed by atoms with Crippen molar-refractivity contribution >= 4 is 17.6 Å². The van der Waals surface area contributed by atoms with Gasteiger partial charge in [-0.05, 0) is 12.8 Å². The normalized spacial score (nSPS) is 39.2. The van der Waals surface area contributed by atoms with Gasteiger partial charge < -0.3 is 19.3 Å². The topological polar surface area (TPSA) is 65.0 Å². The molecule has 1 saturated carbocycles. The van der Waals surface area contributed by atoms with Crippen LogP contribution in [-0.2, 0) is 19.0 Å². The van der Waals surface area contributed by atoms with Crippen LogP contribution < -0.4 is 0 Å². The lowest BCUT2D eigenvalue weighted by Crippen LogP contribution is -2.46. The second-order valence-electron chi connectivity index (χ2n) is 5.64. The Morgan fingerprint density at radius 2 is 2.00 bits per heavy atom. The maximum Gasteiger partial charge on any atom is 0.336 e. The van der Waals surface area contributed by atoms with E-state index in [-0.39, 0.29) is 5.57 Å². The highest BCUT2D eigenvalue weighted by Gasteiger charge is 2.55. The van der Waals surface area contributed by atoms with Crippen LogP contribution in [0.2, 0.25) is 0 Å². The molecule has 0 aromatic carbocycles. The second-order valence-corrected chi connectivity index (χ2v) is 6.14. The molecule has 112 valence electrons. The minimum Gasteiger partial charge on any atom is -0.466 e. The van der Waals surface area contributed by atoms with Crippen LogP contribution in [0.15, 0.2) is 11.6 Å². The maximum absolute atomic E-state index is 11.7. The smallest absolute Gasteiger partial charge is 0.336 e. The van der Waals surface area contributed by atoms with Crippen LogP contribution in [0.25, 0.3) is 0 Å². The molecule has 0 amide bonds. The fraction of sp³-hybridized carbons (Fsp3) is 0.786. The average Bonchev–Trinajstić information content (AvgIpc) is 2.83. The second kappa shape index (κ2) is 5.30. The van der Waals surface area contributed by atoms with Crippen LogP contribution in [0.1, 0.15) is 32.1 Å². The summed E-state index contributed by atoms with van der Waals surface area (Å²) < 4.78 is 16.7. The summed E-state index contributed by atoms with van der Waals surface area (Å²) in [5.41, 5.74) is 0.158. The van der Waals surface area contributed by atoms with Crippen LogP contribution in [0.5, 0.6) is 0 Å². The number of ether oxygens (including phenoxy) is 3. The van der Waals surface area contributed by atoms with Crippen molar-refractivity contribution in [2.24, 2.45) is 0 Å².